The maximum Gasteiger partial charge on any atom is 0.257 e. The molecule has 5 nitrogen and oxygen atoms in total. The quantitative estimate of drug-likeness (QED) is 0.704. The number of amides is 1. The fraction of sp³-hybridized carbons (Fsp3) is 0.458. The monoisotopic (exact) mass is 396 g/mol. The van der Waals surface area contributed by atoms with Crippen LogP contribution in [-0.4, -0.2) is 56.3 Å². The van der Waals surface area contributed by atoms with Crippen LogP contribution in [0.2, 0.25) is 0 Å². The zero-order valence-electron chi connectivity index (χ0n) is 17.5. The lowest BCUT2D eigenvalue weighted by molar-refractivity contribution is 0.0689. The number of carbonyl (C=O) groups is 1. The number of methoxy groups -OCH3 is 1. The molecule has 2 aromatic carbocycles. The van der Waals surface area contributed by atoms with Crippen LogP contribution in [0.1, 0.15) is 35.7 Å². The number of nitrogens with zero attached hydrogens (tertiary/aromatic N) is 1. The van der Waals surface area contributed by atoms with E-state index >= 15 is 0 Å². The highest BCUT2D eigenvalue weighted by molar-refractivity contribution is 5.97. The normalized spacial score (nSPS) is 15.9. The number of hydrogen-bond donors (Lipinski definition) is 1. The molecule has 156 valence electrons. The fourth-order valence-electron chi connectivity index (χ4n) is 3.94. The first-order valence-corrected chi connectivity index (χ1v) is 10.5. The van der Waals surface area contributed by atoms with E-state index < -0.39 is 0 Å². The molecule has 1 fully saturated rings. The van der Waals surface area contributed by atoms with Gasteiger partial charge in [-0.25, -0.2) is 0 Å². The van der Waals surface area contributed by atoms with Gasteiger partial charge in [-0.15, -0.1) is 0 Å². The summed E-state index contributed by atoms with van der Waals surface area (Å²) in [6.07, 6.45) is 2.82. The lowest BCUT2D eigenvalue weighted by Gasteiger charge is -2.35. The minimum absolute atomic E-state index is 0.0604. The predicted octanol–water partition coefficient (Wildman–Crippen LogP) is 3.54. The Morgan fingerprint density at radius 3 is 2.48 bits per heavy atom. The number of rotatable bonds is 9. The van der Waals surface area contributed by atoms with Crippen LogP contribution in [-0.2, 0) is 11.2 Å². The zero-order valence-corrected chi connectivity index (χ0v) is 17.5. The van der Waals surface area contributed by atoms with Gasteiger partial charge < -0.3 is 19.7 Å². The molecule has 0 unspecified atom stereocenters. The van der Waals surface area contributed by atoms with Crippen molar-refractivity contribution in [2.75, 3.05) is 33.4 Å². The van der Waals surface area contributed by atoms with Crippen LogP contribution in [0.3, 0.4) is 0 Å². The Morgan fingerprint density at radius 2 is 1.79 bits per heavy atom. The number of ether oxygens (including phenoxy) is 2. The molecule has 1 N–H and O–H groups in total. The van der Waals surface area contributed by atoms with Crippen molar-refractivity contribution in [2.45, 2.75) is 38.3 Å². The molecule has 3 rings (SSSR count). The van der Waals surface area contributed by atoms with Gasteiger partial charge in [0.15, 0.2) is 0 Å². The van der Waals surface area contributed by atoms with Crippen molar-refractivity contribution in [2.24, 2.45) is 0 Å². The minimum Gasteiger partial charge on any atom is -0.493 e. The highest BCUT2D eigenvalue weighted by Crippen LogP contribution is 2.22. The van der Waals surface area contributed by atoms with Crippen molar-refractivity contribution in [1.29, 1.82) is 0 Å². The van der Waals surface area contributed by atoms with E-state index in [-0.39, 0.29) is 11.9 Å². The molecule has 1 saturated heterocycles. The molecule has 0 bridgehead atoms. The van der Waals surface area contributed by atoms with Crippen LogP contribution in [0.15, 0.2) is 54.6 Å². The molecule has 1 heterocycles. The van der Waals surface area contributed by atoms with Crippen molar-refractivity contribution in [3.05, 3.63) is 65.7 Å². The molecule has 1 aliphatic rings. The molecule has 1 amide bonds. The molecule has 29 heavy (non-hydrogen) atoms. The van der Waals surface area contributed by atoms with Crippen LogP contribution in [0.25, 0.3) is 0 Å². The first-order chi connectivity index (χ1) is 14.2. The summed E-state index contributed by atoms with van der Waals surface area (Å²) in [5.41, 5.74) is 1.96. The van der Waals surface area contributed by atoms with Crippen molar-refractivity contribution in [3.63, 3.8) is 0 Å². The van der Waals surface area contributed by atoms with Crippen LogP contribution in [0, 0.1) is 0 Å². The minimum atomic E-state index is 0.0604. The predicted molar refractivity (Wildman–Crippen MR) is 115 cm³/mol. The Balaban J connectivity index is 1.54. The fourth-order valence-corrected chi connectivity index (χ4v) is 3.94. The molecular weight excluding hydrogens is 364 g/mol. The van der Waals surface area contributed by atoms with E-state index in [1.807, 2.05) is 42.2 Å². The van der Waals surface area contributed by atoms with Crippen molar-refractivity contribution < 1.29 is 14.3 Å². The lowest BCUT2D eigenvalue weighted by Crippen LogP contribution is -2.49. The van der Waals surface area contributed by atoms with Gasteiger partial charge in [0.1, 0.15) is 5.75 Å². The number of carbonyl (C=O) groups excluding carboxylic acids is 1. The summed E-state index contributed by atoms with van der Waals surface area (Å²) in [6, 6.07) is 18.7. The second kappa shape index (κ2) is 11.0. The second-order valence-corrected chi connectivity index (χ2v) is 7.50. The van der Waals surface area contributed by atoms with Gasteiger partial charge in [0.2, 0.25) is 0 Å². The van der Waals surface area contributed by atoms with Gasteiger partial charge in [-0.2, -0.15) is 0 Å². The van der Waals surface area contributed by atoms with Crippen molar-refractivity contribution in [1.82, 2.24) is 10.2 Å². The number of likely N-dealkylation sites (tertiary alicyclic amines) is 1. The molecule has 2 aromatic rings. The maximum absolute atomic E-state index is 13.0. The summed E-state index contributed by atoms with van der Waals surface area (Å²) >= 11 is 0. The van der Waals surface area contributed by atoms with E-state index in [0.29, 0.717) is 30.6 Å². The van der Waals surface area contributed by atoms with Gasteiger partial charge in [-0.05, 0) is 43.9 Å². The maximum atomic E-state index is 13.0. The third-order valence-electron chi connectivity index (χ3n) is 5.36. The van der Waals surface area contributed by atoms with Crippen LogP contribution in [0.5, 0.6) is 5.75 Å². The smallest absolute Gasteiger partial charge is 0.257 e. The number of nitrogens with one attached hydrogen (secondary N) is 1. The van der Waals surface area contributed by atoms with Gasteiger partial charge in [0.05, 0.1) is 18.8 Å². The highest BCUT2D eigenvalue weighted by atomic mass is 16.5. The summed E-state index contributed by atoms with van der Waals surface area (Å²) in [7, 11) is 1.75. The Hall–Kier alpha value is -2.37. The summed E-state index contributed by atoms with van der Waals surface area (Å²) < 4.78 is 11.1. The largest absolute Gasteiger partial charge is 0.493 e. The molecule has 1 aliphatic heterocycles. The Morgan fingerprint density at radius 1 is 1.10 bits per heavy atom. The Bertz CT molecular complexity index is 758. The van der Waals surface area contributed by atoms with Crippen LogP contribution >= 0.6 is 0 Å². The average Bonchev–Trinajstić information content (AvgIpc) is 2.75. The van der Waals surface area contributed by atoms with Gasteiger partial charge in [0.25, 0.3) is 5.91 Å². The molecule has 1 atom stereocenters. The standard InChI is InChI=1S/C24H32N2O3/c1-3-29-23-12-8-7-11-22(23)24(27)26-15-13-20(14-16-26)25-21(18-28-2)17-19-9-5-4-6-10-19/h4-12,20-21,25H,3,13-18H2,1-2H3/t21-/m0/s1. The second-order valence-electron chi connectivity index (χ2n) is 7.50. The zero-order chi connectivity index (χ0) is 20.5. The third kappa shape index (κ3) is 6.05. The van der Waals surface area contributed by atoms with E-state index in [9.17, 15) is 4.79 Å². The first kappa shape index (κ1) is 21.3. The van der Waals surface area contributed by atoms with Crippen molar-refractivity contribution in [3.8, 4) is 5.75 Å². The highest BCUT2D eigenvalue weighted by Gasteiger charge is 2.26. The van der Waals surface area contributed by atoms with E-state index in [4.69, 9.17) is 9.47 Å². The van der Waals surface area contributed by atoms with Crippen LogP contribution in [0.4, 0.5) is 0 Å². The number of piperidine rings is 1. The van der Waals surface area contributed by atoms with Gasteiger partial charge in [0, 0.05) is 32.3 Å². The summed E-state index contributed by atoms with van der Waals surface area (Å²) in [5, 5.41) is 3.75. The molecule has 0 aromatic heterocycles. The number of benzene rings is 2. The molecule has 0 aliphatic carbocycles. The Labute approximate surface area is 174 Å². The molecular formula is C24H32N2O3. The third-order valence-corrected chi connectivity index (χ3v) is 5.36. The van der Waals surface area contributed by atoms with Crippen LogP contribution < -0.4 is 10.1 Å². The van der Waals surface area contributed by atoms with Crippen molar-refractivity contribution >= 4 is 5.91 Å². The summed E-state index contributed by atoms with van der Waals surface area (Å²) in [5.74, 6) is 0.730. The number of hydrogen-bond acceptors (Lipinski definition) is 4. The average molecular weight is 397 g/mol. The Kier molecular flexibility index (Phi) is 8.08. The summed E-state index contributed by atoms with van der Waals surface area (Å²) in [6.45, 7) is 4.67. The van der Waals surface area contributed by atoms with Gasteiger partial charge in [-0.1, -0.05) is 42.5 Å². The molecule has 0 saturated carbocycles. The first-order valence-electron chi connectivity index (χ1n) is 10.5. The van der Waals surface area contributed by atoms with E-state index in [1.165, 1.54) is 5.56 Å². The van der Waals surface area contributed by atoms with E-state index in [2.05, 4.69) is 29.6 Å². The summed E-state index contributed by atoms with van der Waals surface area (Å²) in [4.78, 5) is 14.9. The lowest BCUT2D eigenvalue weighted by atomic mass is 10.00. The van der Waals surface area contributed by atoms with E-state index in [0.717, 1.165) is 32.4 Å². The molecule has 0 radical (unpaired) electrons. The SMILES string of the molecule is CCOc1ccccc1C(=O)N1CCC(N[C@H](COC)Cc2ccccc2)CC1. The topological polar surface area (TPSA) is 50.8 Å². The van der Waals surface area contributed by atoms with Gasteiger partial charge in [-0.3, -0.25) is 4.79 Å². The number of para-hydroxylation sites is 1. The molecule has 0 spiro atoms. The molecule has 5 heteroatoms. The van der Waals surface area contributed by atoms with Gasteiger partial charge >= 0.3 is 0 Å². The van der Waals surface area contributed by atoms with E-state index in [1.54, 1.807) is 7.11 Å².